The molecule has 0 bridgehead atoms. The molecule has 179 valence electrons. The van der Waals surface area contributed by atoms with E-state index < -0.39 is 21.6 Å². The predicted octanol–water partition coefficient (Wildman–Crippen LogP) is 7.46. The molecule has 0 saturated carbocycles. The number of carbonyl (C=O) groups is 1. The van der Waals surface area contributed by atoms with Gasteiger partial charge in [-0.3, -0.25) is 0 Å². The van der Waals surface area contributed by atoms with Crippen molar-refractivity contribution in [2.45, 2.75) is 59.0 Å². The fraction of sp³-hybridized carbons (Fsp3) is 0.321. The Labute approximate surface area is 213 Å². The van der Waals surface area contributed by atoms with Crippen LogP contribution in [0, 0.1) is 0 Å². The van der Waals surface area contributed by atoms with Gasteiger partial charge in [0.2, 0.25) is 0 Å². The molecule has 1 N–H and O–H groups in total. The molecule has 0 aromatic heterocycles. The fourth-order valence-corrected chi connectivity index (χ4v) is 30.2. The SMILES string of the molecule is CC(C)c1cccc(C(C)C)c1C(=O)[NH][Hf]([Cl])([Cl])([c]1cccc2c1Cc1ccccc1-2)[SiH](C)C. The molecule has 0 aliphatic heterocycles. The van der Waals surface area contributed by atoms with E-state index in [1.54, 1.807) is 0 Å². The first-order valence-corrected chi connectivity index (χ1v) is 33.8. The van der Waals surface area contributed by atoms with Crippen LogP contribution in [0.1, 0.15) is 72.1 Å². The zero-order valence-electron chi connectivity index (χ0n) is 20.9. The number of fused-ring (bicyclic) bond motifs is 3. The van der Waals surface area contributed by atoms with Gasteiger partial charge in [0.15, 0.2) is 0 Å². The van der Waals surface area contributed by atoms with E-state index in [9.17, 15) is 4.79 Å². The maximum absolute atomic E-state index is 14.1. The molecule has 6 heteroatoms. The first-order valence-electron chi connectivity index (χ1n) is 12.2. The first kappa shape index (κ1) is 25.9. The Morgan fingerprint density at radius 1 is 0.853 bits per heavy atom. The standard InChI is InChI=1S/C13H19NO.C13H9.C2H7Si.2ClH.Hf/c1-8(2)10-6-5-7-11(9(3)4)12(10)13(14)15;1-3-7-12-10(5-1)9-11-6-2-4-8-13(11)12;1-3-2;;;/h5-9H,1-4H3,(H2,14,15);1-5,7-8H,9H2;3H,1-2H3;2*1H;/q;;;;;+3/p-3. The van der Waals surface area contributed by atoms with Crippen molar-refractivity contribution >= 4 is 32.4 Å². The van der Waals surface area contributed by atoms with E-state index in [1.165, 1.54) is 22.3 Å². The number of hydrogen-bond donors (Lipinski definition) is 1. The van der Waals surface area contributed by atoms with Crippen LogP contribution in [0.25, 0.3) is 11.1 Å². The van der Waals surface area contributed by atoms with Crippen molar-refractivity contribution in [3.8, 4) is 11.1 Å². The minimum absolute atomic E-state index is 0.109. The number of amides is 1. The molecular weight excluding hydrogens is 644 g/mol. The van der Waals surface area contributed by atoms with Crippen LogP contribution in [0.3, 0.4) is 0 Å². The predicted molar refractivity (Wildman–Crippen MR) is 147 cm³/mol. The summed E-state index contributed by atoms with van der Waals surface area (Å²) in [5.74, 6) is -1.38. The quantitative estimate of drug-likeness (QED) is 0.211. The van der Waals surface area contributed by atoms with E-state index in [-0.39, 0.29) is 17.7 Å². The Morgan fingerprint density at radius 3 is 2.00 bits per heavy atom. The van der Waals surface area contributed by atoms with Gasteiger partial charge >= 0.3 is 215 Å². The Morgan fingerprint density at radius 2 is 1.41 bits per heavy atom. The summed E-state index contributed by atoms with van der Waals surface area (Å²) >= 11 is -5.07. The maximum atomic E-state index is 14.1. The van der Waals surface area contributed by atoms with Gasteiger partial charge in [0.25, 0.3) is 0 Å². The van der Waals surface area contributed by atoms with Gasteiger partial charge in [0, 0.05) is 0 Å². The van der Waals surface area contributed by atoms with Gasteiger partial charge in [-0.2, -0.15) is 0 Å². The summed E-state index contributed by atoms with van der Waals surface area (Å²) in [7, 11) is 15.4. The normalized spacial score (nSPS) is 14.1. The molecule has 0 fully saturated rings. The number of halogens is 2. The number of benzene rings is 3. The van der Waals surface area contributed by atoms with Crippen molar-refractivity contribution in [1.29, 1.82) is 0 Å². The van der Waals surface area contributed by atoms with Crippen LogP contribution in [-0.4, -0.2) is 11.9 Å². The summed E-state index contributed by atoms with van der Waals surface area (Å²) in [4.78, 5) is 14.1. The number of nitrogens with one attached hydrogen (secondary N) is 1. The van der Waals surface area contributed by atoms with E-state index in [1.807, 2.05) is 0 Å². The molecule has 0 unspecified atom stereocenters. The summed E-state index contributed by atoms with van der Waals surface area (Å²) in [5, 5.41) is 0. The van der Waals surface area contributed by atoms with Crippen LogP contribution >= 0.6 is 17.2 Å². The average Bonchev–Trinajstić information content (AvgIpc) is 3.16. The fourth-order valence-electron chi connectivity index (χ4n) is 5.19. The van der Waals surface area contributed by atoms with Crippen LogP contribution in [-0.2, 0) is 22.0 Å². The average molecular weight is 678 g/mol. The molecular formula is C28H34Cl2HfNOSi. The van der Waals surface area contributed by atoms with Gasteiger partial charge < -0.3 is 0 Å². The Balaban J connectivity index is 1.87. The molecule has 0 radical (unpaired) electrons. The van der Waals surface area contributed by atoms with Crippen LogP contribution in [0.5, 0.6) is 0 Å². The van der Waals surface area contributed by atoms with E-state index >= 15 is 0 Å². The monoisotopic (exact) mass is 678 g/mol. The number of hydrogen-bond acceptors (Lipinski definition) is 1. The second kappa shape index (κ2) is 9.35. The van der Waals surface area contributed by atoms with Gasteiger partial charge in [-0.25, -0.2) is 0 Å². The molecule has 2 nitrogen and oxygen atoms in total. The second-order valence-electron chi connectivity index (χ2n) is 10.5. The number of rotatable bonds is 6. The molecule has 0 saturated heterocycles. The van der Waals surface area contributed by atoms with Crippen LogP contribution in [0.2, 0.25) is 13.1 Å². The third kappa shape index (κ3) is 4.29. The van der Waals surface area contributed by atoms with Crippen molar-refractivity contribution < 1.29 is 20.4 Å². The first-order chi connectivity index (χ1) is 15.9. The molecule has 0 spiro atoms. The van der Waals surface area contributed by atoms with Gasteiger partial charge in [-0.1, -0.05) is 0 Å². The zero-order valence-corrected chi connectivity index (χ0v) is 27.1. The van der Waals surface area contributed by atoms with Gasteiger partial charge in [-0.15, -0.1) is 0 Å². The Bertz CT molecular complexity index is 1240. The molecule has 3 aromatic carbocycles. The topological polar surface area (TPSA) is 29.1 Å². The Hall–Kier alpha value is -1.20. The van der Waals surface area contributed by atoms with E-state index in [2.05, 4.69) is 105 Å². The summed E-state index contributed by atoms with van der Waals surface area (Å²) in [6.45, 7) is 12.9. The van der Waals surface area contributed by atoms with Crippen molar-refractivity contribution in [3.05, 3.63) is 88.5 Å². The van der Waals surface area contributed by atoms with Gasteiger partial charge in [0.1, 0.15) is 0 Å². The third-order valence-electron chi connectivity index (χ3n) is 7.30. The third-order valence-corrected chi connectivity index (χ3v) is 68.9. The molecule has 0 heterocycles. The van der Waals surface area contributed by atoms with E-state index in [0.29, 0.717) is 0 Å². The molecule has 3 aromatic rings. The second-order valence-corrected chi connectivity index (χ2v) is 65.7. The van der Waals surface area contributed by atoms with Crippen molar-refractivity contribution in [2.24, 2.45) is 0 Å². The van der Waals surface area contributed by atoms with Crippen LogP contribution in [0.4, 0.5) is 0 Å². The van der Waals surface area contributed by atoms with Gasteiger partial charge in [-0.05, 0) is 0 Å². The minimum atomic E-state index is -5.07. The molecule has 0 atom stereocenters. The van der Waals surface area contributed by atoms with Crippen molar-refractivity contribution in [2.75, 3.05) is 0 Å². The van der Waals surface area contributed by atoms with Crippen molar-refractivity contribution in [1.82, 2.24) is 3.30 Å². The molecule has 4 rings (SSSR count). The van der Waals surface area contributed by atoms with Gasteiger partial charge in [0.05, 0.1) is 0 Å². The summed E-state index contributed by atoms with van der Waals surface area (Å²) < 4.78 is 4.45. The molecule has 1 aliphatic carbocycles. The summed E-state index contributed by atoms with van der Waals surface area (Å²) in [6.07, 6.45) is 0.810. The molecule has 1 aliphatic rings. The van der Waals surface area contributed by atoms with Crippen LogP contribution in [0.15, 0.2) is 60.7 Å². The van der Waals surface area contributed by atoms with E-state index in [4.69, 9.17) is 17.2 Å². The van der Waals surface area contributed by atoms with Crippen LogP contribution < -0.4 is 6.62 Å². The number of carbonyl (C=O) groups excluding carboxylic acids is 1. The summed E-state index contributed by atoms with van der Waals surface area (Å²) in [6, 6.07) is 21.0. The van der Waals surface area contributed by atoms with Crippen molar-refractivity contribution in [3.63, 3.8) is 0 Å². The Kier molecular flexibility index (Phi) is 7.12. The molecule has 34 heavy (non-hydrogen) atoms. The van der Waals surface area contributed by atoms with E-state index in [0.717, 1.165) is 26.4 Å². The zero-order chi connectivity index (χ0) is 24.9. The summed E-state index contributed by atoms with van der Waals surface area (Å²) in [5.41, 5.74) is 7.79. The molecule has 1 amide bonds.